The molecular formula is C16H15FO2. The van der Waals surface area contributed by atoms with Crippen LogP contribution in [0.25, 0.3) is 0 Å². The van der Waals surface area contributed by atoms with Gasteiger partial charge in [0.25, 0.3) is 0 Å². The molecule has 0 spiro atoms. The van der Waals surface area contributed by atoms with Crippen LogP contribution >= 0.6 is 0 Å². The SMILES string of the molecule is Cc1cc(C)cc(OCC(=O)c2cccc(F)c2)c1. The first-order valence-electron chi connectivity index (χ1n) is 6.04. The van der Waals surface area contributed by atoms with Crippen molar-refractivity contribution in [3.8, 4) is 5.75 Å². The molecule has 0 fully saturated rings. The van der Waals surface area contributed by atoms with Gasteiger partial charge in [0.1, 0.15) is 11.6 Å². The van der Waals surface area contributed by atoms with Crippen LogP contribution in [-0.4, -0.2) is 12.4 Å². The highest BCUT2D eigenvalue weighted by atomic mass is 19.1. The van der Waals surface area contributed by atoms with Gasteiger partial charge in [-0.25, -0.2) is 4.39 Å². The summed E-state index contributed by atoms with van der Waals surface area (Å²) in [6.07, 6.45) is 0. The molecule has 0 atom stereocenters. The first kappa shape index (κ1) is 13.3. The van der Waals surface area contributed by atoms with Crippen molar-refractivity contribution in [2.75, 3.05) is 6.61 Å². The number of rotatable bonds is 4. The first-order chi connectivity index (χ1) is 9.04. The number of hydrogen-bond donors (Lipinski definition) is 0. The van der Waals surface area contributed by atoms with Crippen LogP contribution in [0, 0.1) is 19.7 Å². The number of aryl methyl sites for hydroxylation is 2. The number of halogens is 1. The fraction of sp³-hybridized carbons (Fsp3) is 0.188. The number of carbonyl (C=O) groups is 1. The Labute approximate surface area is 111 Å². The molecule has 2 aromatic carbocycles. The van der Waals surface area contributed by atoms with E-state index in [0.29, 0.717) is 11.3 Å². The van der Waals surface area contributed by atoms with Crippen molar-refractivity contribution >= 4 is 5.78 Å². The van der Waals surface area contributed by atoms with Crippen LogP contribution in [0.4, 0.5) is 4.39 Å². The average Bonchev–Trinajstić information content (AvgIpc) is 2.35. The lowest BCUT2D eigenvalue weighted by molar-refractivity contribution is 0.0921. The van der Waals surface area contributed by atoms with Crippen molar-refractivity contribution in [2.45, 2.75) is 13.8 Å². The molecule has 0 N–H and O–H groups in total. The van der Waals surface area contributed by atoms with Gasteiger partial charge in [-0.2, -0.15) is 0 Å². The van der Waals surface area contributed by atoms with E-state index in [0.717, 1.165) is 11.1 Å². The first-order valence-corrected chi connectivity index (χ1v) is 6.04. The number of carbonyl (C=O) groups excluding carboxylic acids is 1. The minimum atomic E-state index is -0.419. The molecule has 0 radical (unpaired) electrons. The molecule has 0 bridgehead atoms. The predicted molar refractivity (Wildman–Crippen MR) is 72.1 cm³/mol. The van der Waals surface area contributed by atoms with E-state index in [1.807, 2.05) is 32.0 Å². The van der Waals surface area contributed by atoms with Gasteiger partial charge in [0.2, 0.25) is 0 Å². The molecular weight excluding hydrogens is 243 g/mol. The summed E-state index contributed by atoms with van der Waals surface area (Å²) < 4.78 is 18.5. The van der Waals surface area contributed by atoms with Gasteiger partial charge < -0.3 is 4.74 Å². The second-order valence-corrected chi connectivity index (χ2v) is 4.55. The molecule has 0 saturated heterocycles. The van der Waals surface area contributed by atoms with Crippen molar-refractivity contribution in [1.82, 2.24) is 0 Å². The van der Waals surface area contributed by atoms with E-state index in [1.54, 1.807) is 6.07 Å². The molecule has 0 aromatic heterocycles. The summed E-state index contributed by atoms with van der Waals surface area (Å²) in [5, 5.41) is 0. The third-order valence-electron chi connectivity index (χ3n) is 2.71. The van der Waals surface area contributed by atoms with Crippen LogP contribution in [0.5, 0.6) is 5.75 Å². The van der Waals surface area contributed by atoms with Crippen LogP contribution in [-0.2, 0) is 0 Å². The van der Waals surface area contributed by atoms with Gasteiger partial charge in [-0.15, -0.1) is 0 Å². The fourth-order valence-electron chi connectivity index (χ4n) is 1.91. The Kier molecular flexibility index (Phi) is 3.95. The highest BCUT2D eigenvalue weighted by molar-refractivity contribution is 5.97. The summed E-state index contributed by atoms with van der Waals surface area (Å²) in [5.41, 5.74) is 2.48. The fourth-order valence-corrected chi connectivity index (χ4v) is 1.91. The Morgan fingerprint density at radius 3 is 2.42 bits per heavy atom. The molecule has 2 rings (SSSR count). The average molecular weight is 258 g/mol. The van der Waals surface area contributed by atoms with Crippen LogP contribution in [0.1, 0.15) is 21.5 Å². The van der Waals surface area contributed by atoms with Crippen LogP contribution in [0.2, 0.25) is 0 Å². The van der Waals surface area contributed by atoms with Gasteiger partial charge >= 0.3 is 0 Å². The Morgan fingerprint density at radius 2 is 1.79 bits per heavy atom. The van der Waals surface area contributed by atoms with E-state index in [-0.39, 0.29) is 12.4 Å². The molecule has 19 heavy (non-hydrogen) atoms. The van der Waals surface area contributed by atoms with Crippen molar-refractivity contribution in [3.63, 3.8) is 0 Å². The molecule has 0 aliphatic carbocycles. The maximum absolute atomic E-state index is 13.0. The highest BCUT2D eigenvalue weighted by Crippen LogP contribution is 2.16. The lowest BCUT2D eigenvalue weighted by Crippen LogP contribution is -2.11. The summed E-state index contributed by atoms with van der Waals surface area (Å²) in [5.74, 6) is -0.00170. The zero-order valence-electron chi connectivity index (χ0n) is 10.9. The second-order valence-electron chi connectivity index (χ2n) is 4.55. The molecule has 0 amide bonds. The largest absolute Gasteiger partial charge is 0.485 e. The zero-order valence-corrected chi connectivity index (χ0v) is 10.9. The number of benzene rings is 2. The molecule has 98 valence electrons. The van der Waals surface area contributed by atoms with Crippen molar-refractivity contribution in [1.29, 1.82) is 0 Å². The van der Waals surface area contributed by atoms with Crippen molar-refractivity contribution in [2.24, 2.45) is 0 Å². The topological polar surface area (TPSA) is 26.3 Å². The quantitative estimate of drug-likeness (QED) is 0.781. The van der Waals surface area contributed by atoms with Crippen molar-refractivity contribution in [3.05, 3.63) is 65.0 Å². The van der Waals surface area contributed by atoms with Gasteiger partial charge in [0, 0.05) is 5.56 Å². The lowest BCUT2D eigenvalue weighted by atomic mass is 10.1. The maximum atomic E-state index is 13.0. The van der Waals surface area contributed by atoms with E-state index < -0.39 is 5.82 Å². The van der Waals surface area contributed by atoms with E-state index in [9.17, 15) is 9.18 Å². The Hall–Kier alpha value is -2.16. The summed E-state index contributed by atoms with van der Waals surface area (Å²) in [4.78, 5) is 11.8. The molecule has 0 saturated carbocycles. The number of ketones is 1. The summed E-state index contributed by atoms with van der Waals surface area (Å²) in [6.45, 7) is 3.84. The lowest BCUT2D eigenvalue weighted by Gasteiger charge is -2.07. The Bertz CT molecular complexity index is 585. The van der Waals surface area contributed by atoms with Gasteiger partial charge in [-0.1, -0.05) is 18.2 Å². The van der Waals surface area contributed by atoms with E-state index >= 15 is 0 Å². The predicted octanol–water partition coefficient (Wildman–Crippen LogP) is 3.70. The molecule has 2 nitrogen and oxygen atoms in total. The van der Waals surface area contributed by atoms with Crippen LogP contribution in [0.15, 0.2) is 42.5 Å². The number of hydrogen-bond acceptors (Lipinski definition) is 2. The molecule has 0 heterocycles. The molecule has 3 heteroatoms. The van der Waals surface area contributed by atoms with Gasteiger partial charge in [-0.3, -0.25) is 4.79 Å². The Morgan fingerprint density at radius 1 is 1.11 bits per heavy atom. The molecule has 2 aromatic rings. The second kappa shape index (κ2) is 5.65. The van der Waals surface area contributed by atoms with E-state index in [4.69, 9.17) is 4.74 Å². The number of ether oxygens (including phenoxy) is 1. The Balaban J connectivity index is 2.04. The molecule has 0 aliphatic rings. The smallest absolute Gasteiger partial charge is 0.200 e. The third-order valence-corrected chi connectivity index (χ3v) is 2.71. The van der Waals surface area contributed by atoms with E-state index in [1.165, 1.54) is 18.2 Å². The summed E-state index contributed by atoms with van der Waals surface area (Å²) in [7, 11) is 0. The maximum Gasteiger partial charge on any atom is 0.200 e. The highest BCUT2D eigenvalue weighted by Gasteiger charge is 2.08. The van der Waals surface area contributed by atoms with E-state index in [2.05, 4.69) is 0 Å². The number of Topliss-reactive ketones (excluding diaryl/α,β-unsaturated/α-hetero) is 1. The monoisotopic (exact) mass is 258 g/mol. The molecule has 0 unspecified atom stereocenters. The normalized spacial score (nSPS) is 10.3. The third kappa shape index (κ3) is 3.65. The zero-order chi connectivity index (χ0) is 13.8. The van der Waals surface area contributed by atoms with Gasteiger partial charge in [0.05, 0.1) is 0 Å². The summed E-state index contributed by atoms with van der Waals surface area (Å²) >= 11 is 0. The standard InChI is InChI=1S/C16H15FO2/c1-11-6-12(2)8-15(7-11)19-10-16(18)13-4-3-5-14(17)9-13/h3-9H,10H2,1-2H3. The van der Waals surface area contributed by atoms with Gasteiger partial charge in [-0.05, 0) is 49.2 Å². The van der Waals surface area contributed by atoms with Gasteiger partial charge in [0.15, 0.2) is 12.4 Å². The van der Waals surface area contributed by atoms with Crippen LogP contribution in [0.3, 0.4) is 0 Å². The minimum Gasteiger partial charge on any atom is -0.485 e. The van der Waals surface area contributed by atoms with Crippen LogP contribution < -0.4 is 4.74 Å². The van der Waals surface area contributed by atoms with Crippen molar-refractivity contribution < 1.29 is 13.9 Å². The molecule has 0 aliphatic heterocycles. The summed E-state index contributed by atoms with van der Waals surface area (Å²) in [6, 6.07) is 11.4. The minimum absolute atomic E-state index is 0.0909.